The molecule has 1 aliphatic rings. The number of ether oxygens (including phenoxy) is 2. The maximum absolute atomic E-state index is 11.9. The van der Waals surface area contributed by atoms with Gasteiger partial charge in [-0.15, -0.1) is 0 Å². The second-order valence-corrected chi connectivity index (χ2v) is 7.85. The maximum Gasteiger partial charge on any atom is 0.250 e. The van der Waals surface area contributed by atoms with E-state index >= 15 is 0 Å². The van der Waals surface area contributed by atoms with Crippen molar-refractivity contribution in [1.82, 2.24) is 15.2 Å². The van der Waals surface area contributed by atoms with Crippen molar-refractivity contribution < 1.29 is 9.47 Å². The largest absolute Gasteiger partial charge is 0.494 e. The molecular weight excluding hydrogens is 392 g/mol. The fraction of sp³-hybridized carbons (Fsp3) is 0.500. The number of aliphatic imine (C=N–C) groups is 1. The highest BCUT2D eigenvalue weighted by Crippen LogP contribution is 2.35. The summed E-state index contributed by atoms with van der Waals surface area (Å²) in [5.74, 6) is 2.58. The van der Waals surface area contributed by atoms with Crippen molar-refractivity contribution in [2.45, 2.75) is 59.2 Å². The van der Waals surface area contributed by atoms with E-state index in [4.69, 9.17) is 9.47 Å². The lowest BCUT2D eigenvalue weighted by Crippen LogP contribution is -2.37. The first-order valence-corrected chi connectivity index (χ1v) is 11.1. The number of rotatable bonds is 9. The Morgan fingerprint density at radius 2 is 2.13 bits per heavy atom. The molecule has 7 heteroatoms. The number of nitrogens with zero attached hydrogens (tertiary/aromatic N) is 2. The van der Waals surface area contributed by atoms with Crippen LogP contribution in [0.1, 0.15) is 43.5 Å². The summed E-state index contributed by atoms with van der Waals surface area (Å²) in [5.41, 5.74) is 3.31. The molecular formula is C24H34N4O3. The summed E-state index contributed by atoms with van der Waals surface area (Å²) in [6.45, 7) is 8.77. The highest BCUT2D eigenvalue weighted by Gasteiger charge is 2.21. The second kappa shape index (κ2) is 10.9. The van der Waals surface area contributed by atoms with Gasteiger partial charge in [-0.2, -0.15) is 0 Å². The predicted octanol–water partition coefficient (Wildman–Crippen LogP) is 3.02. The van der Waals surface area contributed by atoms with Gasteiger partial charge in [0.15, 0.2) is 5.96 Å². The number of nitrogens with one attached hydrogen (secondary N) is 2. The lowest BCUT2D eigenvalue weighted by Gasteiger charge is -2.16. The van der Waals surface area contributed by atoms with E-state index in [1.165, 1.54) is 5.56 Å². The van der Waals surface area contributed by atoms with E-state index in [1.54, 1.807) is 19.2 Å². The van der Waals surface area contributed by atoms with Gasteiger partial charge in [-0.05, 0) is 51.8 Å². The van der Waals surface area contributed by atoms with E-state index < -0.39 is 0 Å². The Morgan fingerprint density at radius 3 is 2.87 bits per heavy atom. The molecule has 0 aliphatic carbocycles. The Hall–Kier alpha value is -2.96. The minimum absolute atomic E-state index is 0.0586. The van der Waals surface area contributed by atoms with Crippen LogP contribution in [0.5, 0.6) is 11.5 Å². The van der Waals surface area contributed by atoms with E-state index in [9.17, 15) is 4.79 Å². The number of aromatic nitrogens is 1. The van der Waals surface area contributed by atoms with Crippen LogP contribution in [0.15, 0.2) is 40.1 Å². The number of aryl methyl sites for hydroxylation is 1. The van der Waals surface area contributed by atoms with Crippen LogP contribution in [0.4, 0.5) is 0 Å². The number of hydrogen-bond acceptors (Lipinski definition) is 4. The molecule has 2 heterocycles. The van der Waals surface area contributed by atoms with Crippen molar-refractivity contribution in [2.24, 2.45) is 4.99 Å². The predicted molar refractivity (Wildman–Crippen MR) is 124 cm³/mol. The first kappa shape index (κ1) is 22.7. The van der Waals surface area contributed by atoms with Gasteiger partial charge in [-0.25, -0.2) is 0 Å². The molecule has 0 radical (unpaired) electrons. The molecule has 2 N–H and O–H groups in total. The quantitative estimate of drug-likeness (QED) is 0.366. The van der Waals surface area contributed by atoms with Gasteiger partial charge in [-0.3, -0.25) is 9.79 Å². The summed E-state index contributed by atoms with van der Waals surface area (Å²) in [5, 5.41) is 6.71. The van der Waals surface area contributed by atoms with Crippen LogP contribution in [-0.2, 0) is 19.5 Å². The summed E-state index contributed by atoms with van der Waals surface area (Å²) in [7, 11) is 1.76. The topological polar surface area (TPSA) is 76.9 Å². The summed E-state index contributed by atoms with van der Waals surface area (Å²) < 4.78 is 13.6. The minimum Gasteiger partial charge on any atom is -0.494 e. The molecule has 0 spiro atoms. The van der Waals surface area contributed by atoms with Gasteiger partial charge in [-0.1, -0.05) is 6.07 Å². The lowest BCUT2D eigenvalue weighted by molar-refractivity contribution is 0.254. The zero-order chi connectivity index (χ0) is 22.2. The summed E-state index contributed by atoms with van der Waals surface area (Å²) in [6, 6.07) is 9.55. The Labute approximate surface area is 184 Å². The number of hydrogen-bond donors (Lipinski definition) is 2. The number of guanidine groups is 1. The third-order valence-corrected chi connectivity index (χ3v) is 5.42. The molecule has 0 bridgehead atoms. The molecule has 1 unspecified atom stereocenters. The molecule has 2 aromatic rings. The van der Waals surface area contributed by atoms with Crippen LogP contribution in [0.3, 0.4) is 0 Å². The van der Waals surface area contributed by atoms with E-state index in [0.717, 1.165) is 61.1 Å². The molecule has 0 fully saturated rings. The maximum atomic E-state index is 11.9. The molecule has 0 amide bonds. The smallest absolute Gasteiger partial charge is 0.250 e. The average molecular weight is 427 g/mol. The normalized spacial score (nSPS) is 15.4. The standard InChI is InChI=1S/C24H34N4O3/c1-5-30-21-14-19-13-18(3)31-22(19)15-20(21)16-27-24(25-4)26-11-6-7-12-28-17(2)9-8-10-23(28)29/h8-10,14-15,18H,5-7,11-13,16H2,1-4H3,(H2,25,26,27). The number of fused-ring (bicyclic) bond motifs is 1. The number of unbranched alkanes of at least 4 members (excludes halogenated alkanes) is 1. The van der Waals surface area contributed by atoms with E-state index in [0.29, 0.717) is 13.2 Å². The Kier molecular flexibility index (Phi) is 7.98. The molecule has 1 aromatic carbocycles. The molecule has 31 heavy (non-hydrogen) atoms. The number of benzene rings is 1. The zero-order valence-electron chi connectivity index (χ0n) is 19.0. The van der Waals surface area contributed by atoms with Crippen molar-refractivity contribution in [1.29, 1.82) is 0 Å². The van der Waals surface area contributed by atoms with Crippen LogP contribution < -0.4 is 25.7 Å². The Bertz CT molecular complexity index is 968. The van der Waals surface area contributed by atoms with Crippen LogP contribution in [0.2, 0.25) is 0 Å². The van der Waals surface area contributed by atoms with E-state index in [1.807, 2.05) is 24.5 Å². The Morgan fingerprint density at radius 1 is 1.29 bits per heavy atom. The third-order valence-electron chi connectivity index (χ3n) is 5.42. The molecule has 7 nitrogen and oxygen atoms in total. The fourth-order valence-electron chi connectivity index (χ4n) is 3.82. The molecule has 1 atom stereocenters. The fourth-order valence-corrected chi connectivity index (χ4v) is 3.82. The zero-order valence-corrected chi connectivity index (χ0v) is 19.0. The first-order chi connectivity index (χ1) is 15.0. The first-order valence-electron chi connectivity index (χ1n) is 11.1. The molecule has 0 saturated carbocycles. The summed E-state index contributed by atoms with van der Waals surface area (Å²) >= 11 is 0. The van der Waals surface area contributed by atoms with Crippen LogP contribution in [-0.4, -0.2) is 36.8 Å². The average Bonchev–Trinajstić information content (AvgIpc) is 3.10. The molecule has 3 rings (SSSR count). The van der Waals surface area contributed by atoms with Gasteiger partial charge in [0.2, 0.25) is 0 Å². The van der Waals surface area contributed by atoms with Gasteiger partial charge in [0.05, 0.1) is 6.61 Å². The van der Waals surface area contributed by atoms with Crippen LogP contribution >= 0.6 is 0 Å². The van der Waals surface area contributed by atoms with Crippen molar-refractivity contribution in [3.8, 4) is 11.5 Å². The van der Waals surface area contributed by atoms with Gasteiger partial charge in [0, 0.05) is 56.0 Å². The SMILES string of the molecule is CCOc1cc2c(cc1CNC(=NC)NCCCCn1c(C)cccc1=O)OC(C)C2. The van der Waals surface area contributed by atoms with Gasteiger partial charge >= 0.3 is 0 Å². The van der Waals surface area contributed by atoms with Crippen LogP contribution in [0.25, 0.3) is 0 Å². The van der Waals surface area contributed by atoms with Crippen LogP contribution in [0, 0.1) is 6.92 Å². The van der Waals surface area contributed by atoms with Gasteiger partial charge in [0.1, 0.15) is 17.6 Å². The van der Waals surface area contributed by atoms with E-state index in [-0.39, 0.29) is 11.7 Å². The second-order valence-electron chi connectivity index (χ2n) is 7.85. The number of pyridine rings is 1. The van der Waals surface area contributed by atoms with E-state index in [2.05, 4.69) is 34.7 Å². The molecule has 1 aliphatic heterocycles. The molecule has 0 saturated heterocycles. The van der Waals surface area contributed by atoms with Crippen molar-refractivity contribution in [2.75, 3.05) is 20.2 Å². The third kappa shape index (κ3) is 6.03. The monoisotopic (exact) mass is 426 g/mol. The molecule has 1 aromatic heterocycles. The highest BCUT2D eigenvalue weighted by molar-refractivity contribution is 5.79. The minimum atomic E-state index is 0.0586. The van der Waals surface area contributed by atoms with Crippen molar-refractivity contribution in [3.63, 3.8) is 0 Å². The van der Waals surface area contributed by atoms with Crippen molar-refractivity contribution in [3.05, 3.63) is 57.5 Å². The highest BCUT2D eigenvalue weighted by atomic mass is 16.5. The molecule has 168 valence electrons. The Balaban J connectivity index is 1.48. The lowest BCUT2D eigenvalue weighted by atomic mass is 10.1. The van der Waals surface area contributed by atoms with Crippen molar-refractivity contribution >= 4 is 5.96 Å². The van der Waals surface area contributed by atoms with Gasteiger partial charge in [0.25, 0.3) is 5.56 Å². The summed E-state index contributed by atoms with van der Waals surface area (Å²) in [4.78, 5) is 16.3. The van der Waals surface area contributed by atoms with Gasteiger partial charge < -0.3 is 24.7 Å². The summed E-state index contributed by atoms with van der Waals surface area (Å²) in [6.07, 6.45) is 2.98.